The third-order valence-corrected chi connectivity index (χ3v) is 2.75. The second-order valence-electron chi connectivity index (χ2n) is 5.52. The van der Waals surface area contributed by atoms with Gasteiger partial charge in [0.1, 0.15) is 12.0 Å². The highest BCUT2D eigenvalue weighted by Crippen LogP contribution is 2.08. The largest absolute Gasteiger partial charge is 0.369 e. The van der Waals surface area contributed by atoms with Gasteiger partial charge in [-0.1, -0.05) is 6.07 Å². The number of pyridine rings is 1. The van der Waals surface area contributed by atoms with Gasteiger partial charge >= 0.3 is 0 Å². The summed E-state index contributed by atoms with van der Waals surface area (Å²) in [4.78, 5) is 23.9. The van der Waals surface area contributed by atoms with Crippen molar-refractivity contribution in [3.8, 4) is 0 Å². The van der Waals surface area contributed by atoms with Crippen molar-refractivity contribution in [1.82, 2.24) is 20.2 Å². The molecule has 1 amide bonds. The quantitative estimate of drug-likeness (QED) is 0.416. The van der Waals surface area contributed by atoms with Gasteiger partial charge in [-0.25, -0.2) is 15.4 Å². The molecule has 8 nitrogen and oxygen atoms in total. The Hall–Kier alpha value is -2.48. The molecule has 1 heterocycles. The minimum atomic E-state index is -0.385. The van der Waals surface area contributed by atoms with Crippen molar-refractivity contribution in [2.75, 3.05) is 27.7 Å². The Morgan fingerprint density at radius 3 is 2.78 bits per heavy atom. The van der Waals surface area contributed by atoms with Gasteiger partial charge in [0.05, 0.1) is 6.34 Å². The van der Waals surface area contributed by atoms with E-state index >= 15 is 0 Å². The van der Waals surface area contributed by atoms with Crippen molar-refractivity contribution in [2.24, 2.45) is 15.8 Å². The molecule has 1 atom stereocenters. The fraction of sp³-hybridized carbons (Fsp3) is 0.467. The molecular weight excluding hydrogens is 294 g/mol. The second kappa shape index (κ2) is 9.52. The molecule has 0 fully saturated rings. The molecule has 0 bridgehead atoms. The average molecular weight is 319 g/mol. The monoisotopic (exact) mass is 319 g/mol. The maximum Gasteiger partial charge on any atom is 0.290 e. The average Bonchev–Trinajstić information content (AvgIpc) is 2.51. The first-order valence-electron chi connectivity index (χ1n) is 7.35. The van der Waals surface area contributed by atoms with Gasteiger partial charge in [0.25, 0.3) is 5.91 Å². The summed E-state index contributed by atoms with van der Waals surface area (Å²) in [6.07, 6.45) is 4.02. The van der Waals surface area contributed by atoms with E-state index in [-0.39, 0.29) is 17.6 Å². The number of amides is 1. The Morgan fingerprint density at radius 1 is 1.39 bits per heavy atom. The lowest BCUT2D eigenvalue weighted by Gasteiger charge is -2.14. The second-order valence-corrected chi connectivity index (χ2v) is 5.52. The van der Waals surface area contributed by atoms with E-state index in [0.29, 0.717) is 5.82 Å². The SMILES string of the molecule is CC(N)CCN(C)/C=N/NC(=O)c1cccc(N=CN(C)C)n1. The topological polar surface area (TPSA) is 99.2 Å². The van der Waals surface area contributed by atoms with Gasteiger partial charge in [-0.3, -0.25) is 4.79 Å². The van der Waals surface area contributed by atoms with Crippen LogP contribution < -0.4 is 11.2 Å². The van der Waals surface area contributed by atoms with Crippen LogP contribution in [-0.2, 0) is 0 Å². The van der Waals surface area contributed by atoms with E-state index in [2.05, 4.69) is 20.5 Å². The fourth-order valence-corrected chi connectivity index (χ4v) is 1.50. The number of rotatable bonds is 8. The Bertz CT molecular complexity index is 555. The Labute approximate surface area is 137 Å². The molecule has 8 heteroatoms. The molecule has 0 spiro atoms. The summed E-state index contributed by atoms with van der Waals surface area (Å²) in [6.45, 7) is 2.72. The van der Waals surface area contributed by atoms with Gasteiger partial charge in [-0.2, -0.15) is 5.10 Å². The molecule has 1 aromatic heterocycles. The van der Waals surface area contributed by atoms with Crippen LogP contribution in [0, 0.1) is 0 Å². The van der Waals surface area contributed by atoms with Crippen LogP contribution in [0.3, 0.4) is 0 Å². The molecule has 0 saturated carbocycles. The molecule has 126 valence electrons. The first kappa shape index (κ1) is 18.6. The van der Waals surface area contributed by atoms with E-state index in [4.69, 9.17) is 5.73 Å². The van der Waals surface area contributed by atoms with Crippen LogP contribution in [0.4, 0.5) is 5.82 Å². The molecule has 1 aromatic rings. The van der Waals surface area contributed by atoms with E-state index in [1.165, 1.54) is 0 Å². The van der Waals surface area contributed by atoms with Crippen LogP contribution in [-0.4, -0.2) is 67.1 Å². The van der Waals surface area contributed by atoms with E-state index in [1.807, 2.05) is 33.0 Å². The number of nitrogens with zero attached hydrogens (tertiary/aromatic N) is 5. The third-order valence-electron chi connectivity index (χ3n) is 2.75. The normalized spacial score (nSPS) is 12.6. The van der Waals surface area contributed by atoms with Gasteiger partial charge in [0.15, 0.2) is 5.82 Å². The number of hydrogen-bond acceptors (Lipinski definition) is 5. The van der Waals surface area contributed by atoms with E-state index in [9.17, 15) is 4.79 Å². The summed E-state index contributed by atoms with van der Waals surface area (Å²) in [5, 5.41) is 3.90. The lowest BCUT2D eigenvalue weighted by molar-refractivity contribution is 0.0949. The first-order chi connectivity index (χ1) is 10.9. The Balaban J connectivity index is 2.56. The van der Waals surface area contributed by atoms with Crippen LogP contribution in [0.2, 0.25) is 0 Å². The van der Waals surface area contributed by atoms with Gasteiger partial charge < -0.3 is 15.5 Å². The van der Waals surface area contributed by atoms with E-state index in [0.717, 1.165) is 13.0 Å². The number of nitrogens with two attached hydrogens (primary N) is 1. The van der Waals surface area contributed by atoms with Gasteiger partial charge in [-0.15, -0.1) is 0 Å². The summed E-state index contributed by atoms with van der Waals surface area (Å²) in [7, 11) is 5.58. The maximum absolute atomic E-state index is 12.0. The maximum atomic E-state index is 12.0. The van der Waals surface area contributed by atoms with Crippen LogP contribution in [0.1, 0.15) is 23.8 Å². The molecule has 0 radical (unpaired) electrons. The van der Waals surface area contributed by atoms with Gasteiger partial charge in [0, 0.05) is 33.7 Å². The predicted molar refractivity (Wildman–Crippen MR) is 92.9 cm³/mol. The molecule has 0 aliphatic heterocycles. The molecule has 23 heavy (non-hydrogen) atoms. The van der Waals surface area contributed by atoms with Crippen LogP contribution in [0.5, 0.6) is 0 Å². The highest BCUT2D eigenvalue weighted by Gasteiger charge is 2.06. The Kier molecular flexibility index (Phi) is 7.69. The smallest absolute Gasteiger partial charge is 0.290 e. The van der Waals surface area contributed by atoms with Gasteiger partial charge in [-0.05, 0) is 25.5 Å². The minimum absolute atomic E-state index is 0.134. The number of hydrogen-bond donors (Lipinski definition) is 2. The van der Waals surface area contributed by atoms with Crippen molar-refractivity contribution < 1.29 is 4.79 Å². The lowest BCUT2D eigenvalue weighted by atomic mass is 10.2. The highest BCUT2D eigenvalue weighted by molar-refractivity contribution is 5.92. The van der Waals surface area contributed by atoms with Crippen LogP contribution in [0.15, 0.2) is 28.3 Å². The number of nitrogens with one attached hydrogen (secondary N) is 1. The van der Waals surface area contributed by atoms with Crippen LogP contribution >= 0.6 is 0 Å². The Morgan fingerprint density at radius 2 is 2.13 bits per heavy atom. The first-order valence-corrected chi connectivity index (χ1v) is 7.35. The van der Waals surface area contributed by atoms with Crippen molar-refractivity contribution in [3.05, 3.63) is 23.9 Å². The molecule has 0 aromatic carbocycles. The minimum Gasteiger partial charge on any atom is -0.369 e. The third kappa shape index (κ3) is 7.91. The number of hydrazone groups is 1. The molecule has 1 rings (SSSR count). The van der Waals surface area contributed by atoms with Crippen molar-refractivity contribution >= 4 is 24.4 Å². The number of carbonyl (C=O) groups is 1. The van der Waals surface area contributed by atoms with E-state index < -0.39 is 0 Å². The summed E-state index contributed by atoms with van der Waals surface area (Å²) in [6, 6.07) is 5.19. The zero-order valence-corrected chi connectivity index (χ0v) is 14.1. The van der Waals surface area contributed by atoms with E-state index in [1.54, 1.807) is 35.8 Å². The number of aliphatic imine (C=N–C) groups is 1. The molecular formula is C15H25N7O. The molecule has 0 saturated heterocycles. The fourth-order valence-electron chi connectivity index (χ4n) is 1.50. The number of aromatic nitrogens is 1. The lowest BCUT2D eigenvalue weighted by Crippen LogP contribution is -2.27. The molecule has 0 aliphatic rings. The van der Waals surface area contributed by atoms with Crippen molar-refractivity contribution in [3.63, 3.8) is 0 Å². The summed E-state index contributed by atoms with van der Waals surface area (Å²) < 4.78 is 0. The van der Waals surface area contributed by atoms with Crippen molar-refractivity contribution in [1.29, 1.82) is 0 Å². The summed E-state index contributed by atoms with van der Waals surface area (Å²) in [5.41, 5.74) is 8.39. The molecule has 3 N–H and O–H groups in total. The summed E-state index contributed by atoms with van der Waals surface area (Å²) >= 11 is 0. The summed E-state index contributed by atoms with van der Waals surface area (Å²) in [5.74, 6) is 0.0770. The molecule has 0 aliphatic carbocycles. The van der Waals surface area contributed by atoms with Crippen LogP contribution in [0.25, 0.3) is 0 Å². The highest BCUT2D eigenvalue weighted by atomic mass is 16.2. The number of carbonyl (C=O) groups excluding carboxylic acids is 1. The zero-order chi connectivity index (χ0) is 17.2. The zero-order valence-electron chi connectivity index (χ0n) is 14.1. The molecule has 1 unspecified atom stereocenters. The standard InChI is InChI=1S/C15H25N7O/c1-12(16)8-9-22(4)11-18-20-15(23)13-6-5-7-14(19-13)17-10-21(2)3/h5-7,10-12H,8-9,16H2,1-4H3,(H,20,23)/b17-10?,18-11+. The predicted octanol–water partition coefficient (Wildman–Crippen LogP) is 0.645. The van der Waals surface area contributed by atoms with Crippen molar-refractivity contribution in [2.45, 2.75) is 19.4 Å². The van der Waals surface area contributed by atoms with Gasteiger partial charge in [0.2, 0.25) is 0 Å².